The molecule has 1 amide bonds. The molecule has 0 N–H and O–H groups in total. The molecule has 0 spiro atoms. The fourth-order valence-corrected chi connectivity index (χ4v) is 5.17. The van der Waals surface area contributed by atoms with E-state index >= 15 is 0 Å². The number of nitrogens with zero attached hydrogens (tertiary/aromatic N) is 2. The number of rotatable bonds is 6. The summed E-state index contributed by atoms with van der Waals surface area (Å²) in [5.41, 5.74) is 3.31. The van der Waals surface area contributed by atoms with Gasteiger partial charge >= 0.3 is 0 Å². The minimum absolute atomic E-state index is 0.0850. The molecule has 0 radical (unpaired) electrons. The third-order valence-corrected chi connectivity index (χ3v) is 7.58. The van der Waals surface area contributed by atoms with Crippen molar-refractivity contribution in [2.75, 3.05) is 20.1 Å². The average molecular weight is 455 g/mol. The normalized spacial score (nSPS) is 16.4. The maximum atomic E-state index is 12.9. The van der Waals surface area contributed by atoms with Gasteiger partial charge in [-0.2, -0.15) is 4.31 Å². The van der Waals surface area contributed by atoms with Crippen molar-refractivity contribution >= 4 is 22.0 Å². The van der Waals surface area contributed by atoms with E-state index < -0.39 is 10.0 Å². The summed E-state index contributed by atoms with van der Waals surface area (Å²) in [5, 5.41) is 1.26. The molecule has 172 valence electrons. The molecule has 1 fully saturated rings. The van der Waals surface area contributed by atoms with Gasteiger partial charge in [-0.3, -0.25) is 4.79 Å². The summed E-state index contributed by atoms with van der Waals surface area (Å²) >= 11 is 0. The van der Waals surface area contributed by atoms with Gasteiger partial charge in [-0.15, -0.1) is 0 Å². The van der Waals surface area contributed by atoms with Gasteiger partial charge in [0.15, 0.2) is 0 Å². The lowest BCUT2D eigenvalue weighted by molar-refractivity contribution is -0.135. The number of hydrogen-bond donors (Lipinski definition) is 0. The fraction of sp³-hybridized carbons (Fsp3) is 0.423. The van der Waals surface area contributed by atoms with Crippen molar-refractivity contribution in [1.82, 2.24) is 9.21 Å². The number of hydrogen-bond acceptors (Lipinski definition) is 3. The number of carbonyl (C=O) groups excluding carboxylic acids is 1. The lowest BCUT2D eigenvalue weighted by Crippen LogP contribution is -2.42. The van der Waals surface area contributed by atoms with Crippen molar-refractivity contribution in [2.24, 2.45) is 5.92 Å². The second-order valence-electron chi connectivity index (χ2n) is 9.57. The second kappa shape index (κ2) is 10.0. The molecular formula is C26H34N2O3S. The van der Waals surface area contributed by atoms with Crippen LogP contribution in [0.1, 0.15) is 50.3 Å². The largest absolute Gasteiger partial charge is 0.341 e. The zero-order valence-corrected chi connectivity index (χ0v) is 20.3. The molecule has 2 aromatic carbocycles. The van der Waals surface area contributed by atoms with Gasteiger partial charge in [0.05, 0.1) is 0 Å². The van der Waals surface area contributed by atoms with E-state index in [1.165, 1.54) is 15.3 Å². The quantitative estimate of drug-likeness (QED) is 0.638. The van der Waals surface area contributed by atoms with Gasteiger partial charge in [0.2, 0.25) is 15.9 Å². The molecule has 6 heteroatoms. The van der Waals surface area contributed by atoms with Gasteiger partial charge in [0, 0.05) is 38.0 Å². The third-order valence-electron chi connectivity index (χ3n) is 6.01. The Balaban J connectivity index is 1.54. The Hall–Kier alpha value is -2.44. The summed E-state index contributed by atoms with van der Waals surface area (Å²) in [6, 6.07) is 17.8. The van der Waals surface area contributed by atoms with Crippen LogP contribution in [-0.4, -0.2) is 43.7 Å². The Bertz CT molecular complexity index is 1030. The summed E-state index contributed by atoms with van der Waals surface area (Å²) in [6.45, 7) is 7.84. The lowest BCUT2D eigenvalue weighted by Gasteiger charge is -2.32. The number of carbonyl (C=O) groups is 1. The molecule has 1 saturated heterocycles. The second-order valence-corrected chi connectivity index (χ2v) is 11.4. The van der Waals surface area contributed by atoms with Crippen molar-refractivity contribution in [3.05, 3.63) is 76.7 Å². The summed E-state index contributed by atoms with van der Waals surface area (Å²) in [5.74, 6) is -0.0554. The van der Waals surface area contributed by atoms with Crippen molar-refractivity contribution in [2.45, 2.75) is 45.6 Å². The maximum absolute atomic E-state index is 12.9. The minimum atomic E-state index is -3.49. The van der Waals surface area contributed by atoms with Crippen LogP contribution in [0.15, 0.2) is 60.0 Å². The Morgan fingerprint density at radius 1 is 1.03 bits per heavy atom. The van der Waals surface area contributed by atoms with Crippen LogP contribution in [0.5, 0.6) is 0 Å². The number of sulfonamides is 1. The molecular weight excluding hydrogens is 420 g/mol. The Morgan fingerprint density at radius 3 is 2.19 bits per heavy atom. The van der Waals surface area contributed by atoms with Crippen molar-refractivity contribution < 1.29 is 13.2 Å². The van der Waals surface area contributed by atoms with Crippen LogP contribution in [0.3, 0.4) is 0 Å². The standard InChI is InChI=1S/C26H34N2O3S/c1-26(2,3)24-12-10-22(11-13-24)20-27(4)25(29)23-14-17-28(18-15-23)32(30,31)19-16-21-8-6-5-7-9-21/h5-13,16,19,23H,14-15,17-18,20H2,1-4H3. The van der Waals surface area contributed by atoms with E-state index in [0.717, 1.165) is 11.1 Å². The first kappa shape index (κ1) is 24.2. The maximum Gasteiger partial charge on any atom is 0.236 e. The molecule has 1 heterocycles. The number of amides is 1. The first-order chi connectivity index (χ1) is 15.1. The molecule has 1 aliphatic heterocycles. The minimum Gasteiger partial charge on any atom is -0.341 e. The molecule has 32 heavy (non-hydrogen) atoms. The summed E-state index contributed by atoms with van der Waals surface area (Å²) in [6.07, 6.45) is 2.71. The molecule has 0 aliphatic carbocycles. The number of piperidine rings is 1. The Kier molecular flexibility index (Phi) is 7.57. The van der Waals surface area contributed by atoms with Crippen LogP contribution in [0.4, 0.5) is 0 Å². The summed E-state index contributed by atoms with van der Waals surface area (Å²) < 4.78 is 26.8. The zero-order valence-electron chi connectivity index (χ0n) is 19.5. The monoisotopic (exact) mass is 454 g/mol. The third kappa shape index (κ3) is 6.30. The topological polar surface area (TPSA) is 57.7 Å². The highest BCUT2D eigenvalue weighted by Gasteiger charge is 2.31. The first-order valence-electron chi connectivity index (χ1n) is 11.1. The highest BCUT2D eigenvalue weighted by molar-refractivity contribution is 7.92. The van der Waals surface area contributed by atoms with E-state index in [4.69, 9.17) is 0 Å². The highest BCUT2D eigenvalue weighted by atomic mass is 32.2. The Morgan fingerprint density at radius 2 is 1.62 bits per heavy atom. The fourth-order valence-electron chi connectivity index (χ4n) is 3.95. The predicted octanol–water partition coefficient (Wildman–Crippen LogP) is 4.66. The zero-order chi connectivity index (χ0) is 23.4. The molecule has 0 aromatic heterocycles. The van der Waals surface area contributed by atoms with E-state index in [-0.39, 0.29) is 17.2 Å². The average Bonchev–Trinajstić information content (AvgIpc) is 2.78. The van der Waals surface area contributed by atoms with E-state index in [1.54, 1.807) is 11.0 Å². The van der Waals surface area contributed by atoms with Crippen LogP contribution in [0, 0.1) is 5.92 Å². The molecule has 2 aromatic rings. The van der Waals surface area contributed by atoms with Gasteiger partial charge < -0.3 is 4.90 Å². The van der Waals surface area contributed by atoms with Crippen LogP contribution in [0.25, 0.3) is 6.08 Å². The van der Waals surface area contributed by atoms with Crippen LogP contribution in [-0.2, 0) is 26.8 Å². The SMILES string of the molecule is CN(Cc1ccc(C(C)(C)C)cc1)C(=O)C1CCN(S(=O)(=O)C=Cc2ccccc2)CC1. The lowest BCUT2D eigenvalue weighted by atomic mass is 9.86. The van der Waals surface area contributed by atoms with Gasteiger partial charge in [0.1, 0.15) is 0 Å². The van der Waals surface area contributed by atoms with Crippen LogP contribution in [0.2, 0.25) is 0 Å². The summed E-state index contributed by atoms with van der Waals surface area (Å²) in [4.78, 5) is 14.7. The molecule has 0 atom stereocenters. The van der Waals surface area contributed by atoms with Crippen molar-refractivity contribution in [3.63, 3.8) is 0 Å². The van der Waals surface area contributed by atoms with Gasteiger partial charge in [-0.1, -0.05) is 75.4 Å². The van der Waals surface area contributed by atoms with Gasteiger partial charge in [-0.05, 0) is 41.0 Å². The van der Waals surface area contributed by atoms with Crippen LogP contribution >= 0.6 is 0 Å². The Labute approximate surface area is 192 Å². The van der Waals surface area contributed by atoms with Gasteiger partial charge in [0.25, 0.3) is 0 Å². The van der Waals surface area contributed by atoms with E-state index in [9.17, 15) is 13.2 Å². The smallest absolute Gasteiger partial charge is 0.236 e. The molecule has 0 saturated carbocycles. The first-order valence-corrected chi connectivity index (χ1v) is 12.6. The molecule has 0 unspecified atom stereocenters. The predicted molar refractivity (Wildman–Crippen MR) is 130 cm³/mol. The van der Waals surface area contributed by atoms with Crippen molar-refractivity contribution in [3.8, 4) is 0 Å². The molecule has 0 bridgehead atoms. The molecule has 3 rings (SSSR count). The molecule has 1 aliphatic rings. The summed E-state index contributed by atoms with van der Waals surface area (Å²) in [7, 11) is -1.66. The number of benzene rings is 2. The van der Waals surface area contributed by atoms with Crippen LogP contribution < -0.4 is 0 Å². The van der Waals surface area contributed by atoms with E-state index in [1.807, 2.05) is 37.4 Å². The van der Waals surface area contributed by atoms with Gasteiger partial charge in [-0.25, -0.2) is 8.42 Å². The van der Waals surface area contributed by atoms with E-state index in [0.29, 0.717) is 32.5 Å². The molecule has 5 nitrogen and oxygen atoms in total. The van der Waals surface area contributed by atoms with Crippen molar-refractivity contribution in [1.29, 1.82) is 0 Å². The van der Waals surface area contributed by atoms with E-state index in [2.05, 4.69) is 45.0 Å². The highest BCUT2D eigenvalue weighted by Crippen LogP contribution is 2.25.